The molecule has 2 N–H and O–H groups in total. The number of fused-ring (bicyclic) bond motifs is 1. The van der Waals surface area contributed by atoms with Gasteiger partial charge in [0.2, 0.25) is 5.91 Å². The largest absolute Gasteiger partial charge is 0.431 e. The van der Waals surface area contributed by atoms with Gasteiger partial charge < -0.3 is 15.1 Å². The van der Waals surface area contributed by atoms with E-state index in [1.54, 1.807) is 12.1 Å². The van der Waals surface area contributed by atoms with Gasteiger partial charge >= 0.3 is 0 Å². The van der Waals surface area contributed by atoms with Crippen LogP contribution in [-0.4, -0.2) is 28.6 Å². The lowest BCUT2D eigenvalue weighted by Crippen LogP contribution is -2.32. The number of rotatable bonds is 8. The fraction of sp³-hybridized carbons (Fsp3) is 0.286. The number of nitrogens with one attached hydrogen (secondary N) is 2. The molecule has 0 aliphatic carbocycles. The van der Waals surface area contributed by atoms with Crippen LogP contribution in [-0.2, 0) is 11.3 Å². The number of carbonyl (C=O) groups excluding carboxylic acids is 2. The summed E-state index contributed by atoms with van der Waals surface area (Å²) in [5.74, 6) is -0.0168. The zero-order valence-electron chi connectivity index (χ0n) is 15.9. The van der Waals surface area contributed by atoms with Gasteiger partial charge in [-0.25, -0.2) is 4.98 Å². The Balaban J connectivity index is 1.50. The van der Waals surface area contributed by atoms with Gasteiger partial charge in [-0.05, 0) is 43.2 Å². The summed E-state index contributed by atoms with van der Waals surface area (Å²) in [5.41, 5.74) is 2.95. The van der Waals surface area contributed by atoms with E-state index < -0.39 is 0 Å². The number of aromatic nitrogens is 1. The van der Waals surface area contributed by atoms with Crippen LogP contribution in [0.2, 0.25) is 0 Å². The van der Waals surface area contributed by atoms with Crippen LogP contribution in [0.15, 0.2) is 58.2 Å². The molecule has 28 heavy (non-hydrogen) atoms. The molecule has 7 heteroatoms. The molecule has 0 saturated carbocycles. The van der Waals surface area contributed by atoms with Crippen molar-refractivity contribution in [2.45, 2.75) is 38.1 Å². The minimum Gasteiger partial charge on any atom is -0.431 e. The number of thioether (sulfide) groups is 1. The Labute approximate surface area is 168 Å². The maximum absolute atomic E-state index is 12.2. The summed E-state index contributed by atoms with van der Waals surface area (Å²) in [5, 5.41) is 6.27. The zero-order valence-corrected chi connectivity index (χ0v) is 16.7. The minimum absolute atomic E-state index is 0.103. The highest BCUT2D eigenvalue weighted by Gasteiger charge is 2.11. The molecule has 0 saturated heterocycles. The molecule has 0 aliphatic rings. The van der Waals surface area contributed by atoms with Crippen molar-refractivity contribution in [2.24, 2.45) is 0 Å². The molecule has 6 nitrogen and oxygen atoms in total. The average Bonchev–Trinajstić information content (AvgIpc) is 3.13. The molecule has 1 atom stereocenters. The Kier molecular flexibility index (Phi) is 6.71. The second kappa shape index (κ2) is 9.41. The van der Waals surface area contributed by atoms with Crippen LogP contribution >= 0.6 is 11.8 Å². The highest BCUT2D eigenvalue weighted by molar-refractivity contribution is 7.99. The van der Waals surface area contributed by atoms with Crippen LogP contribution in [0.25, 0.3) is 11.1 Å². The van der Waals surface area contributed by atoms with Gasteiger partial charge in [0.05, 0.1) is 5.75 Å². The highest BCUT2D eigenvalue weighted by atomic mass is 32.2. The first-order valence-electron chi connectivity index (χ1n) is 9.20. The average molecular weight is 398 g/mol. The molecule has 2 amide bonds. The first kappa shape index (κ1) is 19.9. The van der Waals surface area contributed by atoms with Crippen molar-refractivity contribution in [1.29, 1.82) is 0 Å². The van der Waals surface area contributed by atoms with Crippen molar-refractivity contribution in [1.82, 2.24) is 15.6 Å². The van der Waals surface area contributed by atoms with Crippen molar-refractivity contribution in [3.8, 4) is 0 Å². The number of hydrogen-bond donors (Lipinski definition) is 2. The zero-order chi connectivity index (χ0) is 19.9. The van der Waals surface area contributed by atoms with Gasteiger partial charge in [0.15, 0.2) is 5.58 Å². The summed E-state index contributed by atoms with van der Waals surface area (Å²) >= 11 is 1.25. The van der Waals surface area contributed by atoms with E-state index in [1.807, 2.05) is 50.2 Å². The van der Waals surface area contributed by atoms with Crippen LogP contribution < -0.4 is 10.6 Å². The van der Waals surface area contributed by atoms with Gasteiger partial charge in [-0.2, -0.15) is 0 Å². The molecule has 3 aromatic rings. The molecule has 0 spiro atoms. The minimum atomic E-state index is -0.123. The molecule has 146 valence electrons. The molecule has 1 heterocycles. The molecule has 2 aromatic carbocycles. The van der Waals surface area contributed by atoms with Gasteiger partial charge in [0.25, 0.3) is 11.1 Å². The predicted octanol–water partition coefficient (Wildman–Crippen LogP) is 3.76. The lowest BCUT2D eigenvalue weighted by Gasteiger charge is -2.12. The van der Waals surface area contributed by atoms with E-state index in [0.717, 1.165) is 17.5 Å². The highest BCUT2D eigenvalue weighted by Crippen LogP contribution is 2.22. The third kappa shape index (κ3) is 5.36. The number of para-hydroxylation sites is 2. The molecule has 0 radical (unpaired) electrons. The fourth-order valence-electron chi connectivity index (χ4n) is 2.52. The second-order valence-corrected chi connectivity index (χ2v) is 7.42. The molecule has 0 fully saturated rings. The smallest absolute Gasteiger partial charge is 0.257 e. The number of hydrogen-bond acceptors (Lipinski definition) is 5. The number of carbonyl (C=O) groups is 2. The Bertz CT molecular complexity index is 937. The van der Waals surface area contributed by atoms with E-state index in [1.165, 1.54) is 11.8 Å². The summed E-state index contributed by atoms with van der Waals surface area (Å²) < 4.78 is 5.59. The van der Waals surface area contributed by atoms with Gasteiger partial charge in [-0.1, -0.05) is 43.0 Å². The number of nitrogens with zero attached hydrogens (tertiary/aromatic N) is 1. The van der Waals surface area contributed by atoms with Crippen LogP contribution in [0, 0.1) is 0 Å². The van der Waals surface area contributed by atoms with Crippen molar-refractivity contribution in [2.75, 3.05) is 5.75 Å². The number of amides is 2. The number of oxazole rings is 1. The van der Waals surface area contributed by atoms with E-state index in [4.69, 9.17) is 4.42 Å². The fourth-order valence-corrected chi connectivity index (χ4v) is 3.19. The lowest BCUT2D eigenvalue weighted by molar-refractivity contribution is -0.118. The van der Waals surface area contributed by atoms with Gasteiger partial charge in [-0.15, -0.1) is 0 Å². The third-order valence-corrected chi connectivity index (χ3v) is 5.10. The van der Waals surface area contributed by atoms with E-state index in [2.05, 4.69) is 15.6 Å². The van der Waals surface area contributed by atoms with Gasteiger partial charge in [0.1, 0.15) is 5.52 Å². The lowest BCUT2D eigenvalue weighted by atomic mass is 10.1. The van der Waals surface area contributed by atoms with Crippen molar-refractivity contribution < 1.29 is 14.0 Å². The van der Waals surface area contributed by atoms with Gasteiger partial charge in [0, 0.05) is 18.2 Å². The molecular formula is C21H23N3O3S. The summed E-state index contributed by atoms with van der Waals surface area (Å²) in [4.78, 5) is 28.7. The maximum atomic E-state index is 12.2. The van der Waals surface area contributed by atoms with Crippen LogP contribution in [0.1, 0.15) is 36.2 Å². The van der Waals surface area contributed by atoms with Gasteiger partial charge in [-0.3, -0.25) is 9.59 Å². The molecule has 1 unspecified atom stereocenters. The molecule has 1 aromatic heterocycles. The Morgan fingerprint density at radius 1 is 1.18 bits per heavy atom. The molecule has 0 aliphatic heterocycles. The topological polar surface area (TPSA) is 84.2 Å². The number of benzene rings is 2. The maximum Gasteiger partial charge on any atom is 0.257 e. The monoisotopic (exact) mass is 397 g/mol. The SMILES string of the molecule is CCC(C)NC(=O)c1cccc(CNC(=O)CSc2nc3ccccc3o2)c1. The summed E-state index contributed by atoms with van der Waals surface area (Å²) in [6, 6.07) is 14.9. The van der Waals surface area contributed by atoms with Crippen molar-refractivity contribution in [3.05, 3.63) is 59.7 Å². The summed E-state index contributed by atoms with van der Waals surface area (Å²) in [6.07, 6.45) is 0.874. The Morgan fingerprint density at radius 2 is 2.00 bits per heavy atom. The predicted molar refractivity (Wildman–Crippen MR) is 110 cm³/mol. The first-order valence-corrected chi connectivity index (χ1v) is 10.2. The van der Waals surface area contributed by atoms with Crippen molar-refractivity contribution in [3.63, 3.8) is 0 Å². The van der Waals surface area contributed by atoms with Crippen LogP contribution in [0.3, 0.4) is 0 Å². The van der Waals surface area contributed by atoms with Crippen molar-refractivity contribution >= 4 is 34.7 Å². The molecule has 0 bridgehead atoms. The van der Waals surface area contributed by atoms with E-state index in [0.29, 0.717) is 22.9 Å². The normalized spacial score (nSPS) is 11.9. The van der Waals surface area contributed by atoms with E-state index in [9.17, 15) is 9.59 Å². The van der Waals surface area contributed by atoms with Crippen LogP contribution in [0.4, 0.5) is 0 Å². The molecular weight excluding hydrogens is 374 g/mol. The summed E-state index contributed by atoms with van der Waals surface area (Å²) in [7, 11) is 0. The van der Waals surface area contributed by atoms with E-state index >= 15 is 0 Å². The van der Waals surface area contributed by atoms with E-state index in [-0.39, 0.29) is 23.6 Å². The summed E-state index contributed by atoms with van der Waals surface area (Å²) in [6.45, 7) is 4.35. The standard InChI is InChI=1S/C21H23N3O3S/c1-3-14(2)23-20(26)16-8-6-7-15(11-16)12-22-19(25)13-28-21-24-17-9-4-5-10-18(17)27-21/h4-11,14H,3,12-13H2,1-2H3,(H,22,25)(H,23,26). The first-order chi connectivity index (χ1) is 13.5. The molecule has 3 rings (SSSR count). The Hall–Kier alpha value is -2.80. The quantitative estimate of drug-likeness (QED) is 0.565. The third-order valence-electron chi connectivity index (χ3n) is 4.27. The Morgan fingerprint density at radius 3 is 2.79 bits per heavy atom. The second-order valence-electron chi connectivity index (χ2n) is 6.50. The van der Waals surface area contributed by atoms with Crippen LogP contribution in [0.5, 0.6) is 0 Å².